The Hall–Kier alpha value is -2.27. The summed E-state index contributed by atoms with van der Waals surface area (Å²) in [5.74, 6) is 1.12. The van der Waals surface area contributed by atoms with E-state index in [0.29, 0.717) is 17.1 Å². The van der Waals surface area contributed by atoms with E-state index in [9.17, 15) is 13.2 Å². The van der Waals surface area contributed by atoms with Gasteiger partial charge in [0.05, 0.1) is 5.56 Å². The molecule has 0 unspecified atom stereocenters. The third-order valence-corrected chi connectivity index (χ3v) is 3.92. The number of hydrogen-bond donors (Lipinski definition) is 0. The van der Waals surface area contributed by atoms with Gasteiger partial charge in [-0.15, -0.1) is 0 Å². The van der Waals surface area contributed by atoms with Crippen LogP contribution in [-0.4, -0.2) is 25.5 Å². The van der Waals surface area contributed by atoms with Crippen molar-refractivity contribution in [2.75, 3.05) is 20.6 Å². The molecule has 3 rings (SSSR count). The average Bonchev–Trinajstić information content (AvgIpc) is 2.52. The predicted molar refractivity (Wildman–Crippen MR) is 88.2 cm³/mol. The van der Waals surface area contributed by atoms with E-state index in [1.54, 1.807) is 0 Å². The molecule has 0 saturated carbocycles. The van der Waals surface area contributed by atoms with Crippen LogP contribution in [0.25, 0.3) is 5.57 Å². The normalized spacial score (nSPS) is 15.2. The highest BCUT2D eigenvalue weighted by molar-refractivity contribution is 5.88. The molecule has 0 spiro atoms. The number of rotatable bonds is 3. The van der Waals surface area contributed by atoms with Gasteiger partial charge in [0.15, 0.2) is 0 Å². The van der Waals surface area contributed by atoms with Gasteiger partial charge in [-0.25, -0.2) is 0 Å². The Morgan fingerprint density at radius 2 is 1.71 bits per heavy atom. The lowest BCUT2D eigenvalue weighted by atomic mass is 9.92. The summed E-state index contributed by atoms with van der Waals surface area (Å²) >= 11 is 0. The molecule has 0 aliphatic carbocycles. The van der Waals surface area contributed by atoms with Crippen molar-refractivity contribution in [2.45, 2.75) is 12.6 Å². The molecular weight excluding hydrogens is 315 g/mol. The van der Waals surface area contributed by atoms with E-state index in [4.69, 9.17) is 4.74 Å². The number of nitrogens with zero attached hydrogens (tertiary/aromatic N) is 1. The highest BCUT2D eigenvalue weighted by atomic mass is 19.4. The lowest BCUT2D eigenvalue weighted by Crippen LogP contribution is -2.12. The van der Waals surface area contributed by atoms with E-state index in [0.717, 1.165) is 30.2 Å². The Bertz CT molecular complexity index is 778. The SMILES string of the molecule is CN(C)CCC=C1c2ccccc2Oc2ccc(C(F)(F)F)cc21. The molecule has 24 heavy (non-hydrogen) atoms. The van der Waals surface area contributed by atoms with Gasteiger partial charge in [-0.2, -0.15) is 13.2 Å². The molecule has 2 nitrogen and oxygen atoms in total. The van der Waals surface area contributed by atoms with Crippen LogP contribution in [0.4, 0.5) is 13.2 Å². The van der Waals surface area contributed by atoms with E-state index >= 15 is 0 Å². The summed E-state index contributed by atoms with van der Waals surface area (Å²) in [6, 6.07) is 11.0. The molecule has 2 aromatic rings. The first-order valence-electron chi connectivity index (χ1n) is 7.70. The fourth-order valence-corrected chi connectivity index (χ4v) is 2.73. The van der Waals surface area contributed by atoms with Crippen LogP contribution in [-0.2, 0) is 6.18 Å². The lowest BCUT2D eigenvalue weighted by molar-refractivity contribution is -0.137. The molecule has 2 aromatic carbocycles. The summed E-state index contributed by atoms with van der Waals surface area (Å²) in [5, 5.41) is 0. The average molecular weight is 333 g/mol. The third kappa shape index (κ3) is 3.31. The van der Waals surface area contributed by atoms with Gasteiger partial charge in [0, 0.05) is 17.7 Å². The van der Waals surface area contributed by atoms with Crippen molar-refractivity contribution in [3.05, 3.63) is 65.2 Å². The zero-order chi connectivity index (χ0) is 17.3. The second kappa shape index (κ2) is 6.32. The number of fused-ring (bicyclic) bond motifs is 2. The van der Waals surface area contributed by atoms with Crippen LogP contribution >= 0.6 is 0 Å². The molecule has 0 fully saturated rings. The van der Waals surface area contributed by atoms with E-state index in [1.807, 2.05) is 49.3 Å². The molecule has 0 aromatic heterocycles. The number of para-hydroxylation sites is 1. The first kappa shape index (κ1) is 16.6. The molecule has 0 bridgehead atoms. The molecule has 0 amide bonds. The molecule has 126 valence electrons. The van der Waals surface area contributed by atoms with Gasteiger partial charge in [0.25, 0.3) is 0 Å². The molecule has 1 heterocycles. The Kier molecular flexibility index (Phi) is 4.37. The van der Waals surface area contributed by atoms with Crippen molar-refractivity contribution in [2.24, 2.45) is 0 Å². The van der Waals surface area contributed by atoms with Crippen molar-refractivity contribution in [3.63, 3.8) is 0 Å². The number of hydrogen-bond acceptors (Lipinski definition) is 2. The standard InChI is InChI=1S/C19H18F3NO/c1-23(2)11-5-7-14-15-6-3-4-8-17(15)24-18-10-9-13(12-16(14)18)19(20,21)22/h3-4,6-10,12H,5,11H2,1-2H3. The monoisotopic (exact) mass is 333 g/mol. The minimum atomic E-state index is -4.37. The summed E-state index contributed by atoms with van der Waals surface area (Å²) in [5.41, 5.74) is 1.44. The Morgan fingerprint density at radius 3 is 2.42 bits per heavy atom. The highest BCUT2D eigenvalue weighted by Crippen LogP contribution is 2.45. The Labute approximate surface area is 139 Å². The van der Waals surface area contributed by atoms with Crippen molar-refractivity contribution in [1.82, 2.24) is 4.90 Å². The quantitative estimate of drug-likeness (QED) is 0.654. The van der Waals surface area contributed by atoms with Crippen molar-refractivity contribution in [1.29, 1.82) is 0 Å². The van der Waals surface area contributed by atoms with Crippen LogP contribution in [0.2, 0.25) is 0 Å². The van der Waals surface area contributed by atoms with Gasteiger partial charge in [-0.05, 0) is 50.4 Å². The van der Waals surface area contributed by atoms with Gasteiger partial charge in [-0.3, -0.25) is 0 Å². The van der Waals surface area contributed by atoms with Crippen LogP contribution in [0.15, 0.2) is 48.5 Å². The van der Waals surface area contributed by atoms with Crippen LogP contribution in [0, 0.1) is 0 Å². The molecular formula is C19H18F3NO. The van der Waals surface area contributed by atoms with Crippen LogP contribution in [0.1, 0.15) is 23.1 Å². The topological polar surface area (TPSA) is 12.5 Å². The van der Waals surface area contributed by atoms with Crippen molar-refractivity contribution >= 4 is 5.57 Å². The summed E-state index contributed by atoms with van der Waals surface area (Å²) in [7, 11) is 3.93. The third-order valence-electron chi connectivity index (χ3n) is 3.92. The van der Waals surface area contributed by atoms with Gasteiger partial charge in [0.1, 0.15) is 11.5 Å². The first-order valence-corrected chi connectivity index (χ1v) is 7.70. The second-order valence-electron chi connectivity index (χ2n) is 6.02. The Balaban J connectivity index is 2.09. The Morgan fingerprint density at radius 1 is 1.00 bits per heavy atom. The number of ether oxygens (including phenoxy) is 1. The van der Waals surface area contributed by atoms with Crippen LogP contribution in [0.3, 0.4) is 0 Å². The molecule has 1 aliphatic rings. The predicted octanol–water partition coefficient (Wildman–Crippen LogP) is 5.19. The lowest BCUT2D eigenvalue weighted by Gasteiger charge is -2.24. The minimum absolute atomic E-state index is 0.456. The van der Waals surface area contributed by atoms with E-state index in [2.05, 4.69) is 0 Å². The van der Waals surface area contributed by atoms with Gasteiger partial charge in [-0.1, -0.05) is 24.3 Å². The number of halogens is 3. The fraction of sp³-hybridized carbons (Fsp3) is 0.263. The molecule has 0 N–H and O–H groups in total. The minimum Gasteiger partial charge on any atom is -0.456 e. The van der Waals surface area contributed by atoms with Crippen molar-refractivity contribution < 1.29 is 17.9 Å². The highest BCUT2D eigenvalue weighted by Gasteiger charge is 2.32. The maximum Gasteiger partial charge on any atom is 0.416 e. The largest absolute Gasteiger partial charge is 0.456 e. The fourth-order valence-electron chi connectivity index (χ4n) is 2.73. The maximum atomic E-state index is 13.1. The molecule has 5 heteroatoms. The molecule has 0 radical (unpaired) electrons. The zero-order valence-electron chi connectivity index (χ0n) is 13.5. The van der Waals surface area contributed by atoms with Crippen LogP contribution < -0.4 is 4.74 Å². The second-order valence-corrected chi connectivity index (χ2v) is 6.02. The first-order chi connectivity index (χ1) is 11.4. The molecule has 0 atom stereocenters. The van der Waals surface area contributed by atoms with E-state index < -0.39 is 11.7 Å². The zero-order valence-corrected chi connectivity index (χ0v) is 13.5. The van der Waals surface area contributed by atoms with Gasteiger partial charge >= 0.3 is 6.18 Å². The number of benzene rings is 2. The maximum absolute atomic E-state index is 13.1. The van der Waals surface area contributed by atoms with Gasteiger partial charge < -0.3 is 9.64 Å². The summed E-state index contributed by atoms with van der Waals surface area (Å²) < 4.78 is 45.0. The van der Waals surface area contributed by atoms with E-state index in [1.165, 1.54) is 12.1 Å². The summed E-state index contributed by atoms with van der Waals surface area (Å²) in [6.07, 6.45) is -1.65. The molecule has 1 aliphatic heterocycles. The smallest absolute Gasteiger partial charge is 0.416 e. The number of alkyl halides is 3. The van der Waals surface area contributed by atoms with E-state index in [-0.39, 0.29) is 0 Å². The van der Waals surface area contributed by atoms with Gasteiger partial charge in [0.2, 0.25) is 0 Å². The molecule has 0 saturated heterocycles. The summed E-state index contributed by atoms with van der Waals surface area (Å²) in [4.78, 5) is 2.04. The van der Waals surface area contributed by atoms with Crippen LogP contribution in [0.5, 0.6) is 11.5 Å². The van der Waals surface area contributed by atoms with Crippen molar-refractivity contribution in [3.8, 4) is 11.5 Å². The summed E-state index contributed by atoms with van der Waals surface area (Å²) in [6.45, 7) is 0.820.